The number of rotatable bonds is 5. The van der Waals surface area contributed by atoms with E-state index in [1.165, 1.54) is 24.4 Å². The van der Waals surface area contributed by atoms with Crippen LogP contribution in [0.5, 0.6) is 5.75 Å². The smallest absolute Gasteiger partial charge is 0.258 e. The lowest BCUT2D eigenvalue weighted by molar-refractivity contribution is -0.153. The summed E-state index contributed by atoms with van der Waals surface area (Å²) >= 11 is 0. The van der Waals surface area contributed by atoms with Crippen LogP contribution in [0.2, 0.25) is 0 Å². The molecule has 4 aliphatic rings. The number of nitrogens with zero attached hydrogens (tertiary/aromatic N) is 2. The molecule has 5 N–H and O–H groups in total. The van der Waals surface area contributed by atoms with Crippen LogP contribution < -0.4 is 5.32 Å². The molecule has 43 heavy (non-hydrogen) atoms. The first kappa shape index (κ1) is 29.2. The van der Waals surface area contributed by atoms with Crippen LogP contribution in [-0.4, -0.2) is 93.6 Å². The van der Waals surface area contributed by atoms with Gasteiger partial charge in [-0.2, -0.15) is 0 Å². The van der Waals surface area contributed by atoms with Crippen molar-refractivity contribution in [2.45, 2.75) is 50.3 Å². The number of ketones is 2. The van der Waals surface area contributed by atoms with Crippen LogP contribution in [0.3, 0.4) is 0 Å². The van der Waals surface area contributed by atoms with E-state index in [4.69, 9.17) is 4.42 Å². The highest BCUT2D eigenvalue weighted by Gasteiger charge is 2.64. The molecule has 1 saturated carbocycles. The molecule has 0 radical (unpaired) electrons. The number of carbonyl (C=O) groups excluding carboxylic acids is 3. The number of hydrogen-bond donors (Lipinski definition) is 5. The van der Waals surface area contributed by atoms with Crippen molar-refractivity contribution in [1.29, 1.82) is 0 Å². The zero-order chi connectivity index (χ0) is 30.8. The number of furan rings is 1. The molecule has 4 atom stereocenters. The van der Waals surface area contributed by atoms with Gasteiger partial charge in [-0.25, -0.2) is 0 Å². The Morgan fingerprint density at radius 2 is 1.81 bits per heavy atom. The minimum absolute atomic E-state index is 0.0574. The van der Waals surface area contributed by atoms with Gasteiger partial charge >= 0.3 is 0 Å². The number of hydrogen-bond acceptors (Lipinski definition) is 10. The number of aliphatic hydroxyl groups excluding tert-OH is 2. The van der Waals surface area contributed by atoms with Gasteiger partial charge in [-0.15, -0.1) is 0 Å². The second kappa shape index (κ2) is 10.7. The summed E-state index contributed by atoms with van der Waals surface area (Å²) in [6.07, 6.45) is 5.37. The summed E-state index contributed by atoms with van der Waals surface area (Å²) in [5.41, 5.74) is -1.17. The molecular formula is C32H37N3O8. The van der Waals surface area contributed by atoms with Crippen molar-refractivity contribution >= 4 is 23.2 Å². The first-order valence-electron chi connectivity index (χ1n) is 14.7. The normalized spacial score (nSPS) is 27.7. The number of benzene rings is 1. The second-order valence-electron chi connectivity index (χ2n) is 12.3. The number of amides is 1. The average Bonchev–Trinajstić information content (AvgIpc) is 3.43. The van der Waals surface area contributed by atoms with Crippen LogP contribution in [0.1, 0.15) is 42.6 Å². The van der Waals surface area contributed by atoms with Gasteiger partial charge in [0, 0.05) is 24.1 Å². The molecular weight excluding hydrogens is 554 g/mol. The van der Waals surface area contributed by atoms with E-state index in [-0.39, 0.29) is 29.7 Å². The van der Waals surface area contributed by atoms with Crippen molar-refractivity contribution in [3.63, 3.8) is 0 Å². The van der Waals surface area contributed by atoms with E-state index in [0.717, 1.165) is 42.8 Å². The van der Waals surface area contributed by atoms with E-state index in [1.54, 1.807) is 26.4 Å². The molecule has 2 aromatic rings. The Bertz CT molecular complexity index is 1580. The zero-order valence-electron chi connectivity index (χ0n) is 24.5. The third-order valence-corrected chi connectivity index (χ3v) is 9.66. The molecule has 1 amide bonds. The maximum Gasteiger partial charge on any atom is 0.258 e. The minimum atomic E-state index is -2.62. The molecule has 11 heteroatoms. The molecule has 2 fully saturated rings. The number of phenols is 1. The monoisotopic (exact) mass is 591 g/mol. The van der Waals surface area contributed by atoms with Gasteiger partial charge in [0.1, 0.15) is 28.6 Å². The highest BCUT2D eigenvalue weighted by molar-refractivity contribution is 6.25. The molecule has 0 unspecified atom stereocenters. The Kier molecular flexibility index (Phi) is 7.22. The lowest BCUT2D eigenvalue weighted by atomic mass is 9.57. The fraction of sp³-hybridized carbons (Fsp3) is 0.469. The van der Waals surface area contributed by atoms with Gasteiger partial charge in [0.25, 0.3) is 5.91 Å². The lowest BCUT2D eigenvalue weighted by Crippen LogP contribution is -2.65. The molecule has 0 spiro atoms. The molecule has 1 aromatic heterocycles. The Labute approximate surface area is 249 Å². The predicted octanol–water partition coefficient (Wildman–Crippen LogP) is 2.47. The molecule has 3 aliphatic carbocycles. The summed E-state index contributed by atoms with van der Waals surface area (Å²) in [5, 5.41) is 47.9. The maximum absolute atomic E-state index is 14.2. The van der Waals surface area contributed by atoms with E-state index in [0.29, 0.717) is 12.1 Å². The summed E-state index contributed by atoms with van der Waals surface area (Å²) in [7, 11) is 4.49. The largest absolute Gasteiger partial charge is 0.508 e. The molecule has 0 bridgehead atoms. The summed E-state index contributed by atoms with van der Waals surface area (Å²) < 4.78 is 5.91. The number of phenolic OH excluding ortho intramolecular Hbond substituents is 1. The van der Waals surface area contributed by atoms with Crippen molar-refractivity contribution in [3.8, 4) is 16.9 Å². The van der Waals surface area contributed by atoms with E-state index < -0.39 is 58.0 Å². The minimum Gasteiger partial charge on any atom is -0.508 e. The van der Waals surface area contributed by atoms with E-state index in [9.17, 15) is 34.8 Å². The standard InChI is InChI=1S/C32H37N3O8/c1-33-31(41)25-28(38)26(34(2)3)20-14-16-13-19-17(18-9-12-43-22(18)15-35-10-5-4-6-11-35)7-8-21(36)24(19)27(37)23(16)29(39)32(20,42)30(25)40/h7-9,12,16,20,26,36-37,40,42H,4-6,10-11,13-15H2,1-3H3,(H,33,41)/t16-,20-,26-,32-/m0/s1. The number of fused-ring (bicyclic) bond motifs is 3. The Morgan fingerprint density at radius 1 is 1.09 bits per heavy atom. The van der Waals surface area contributed by atoms with Crippen molar-refractivity contribution in [3.05, 3.63) is 58.3 Å². The molecule has 2 heterocycles. The summed E-state index contributed by atoms with van der Waals surface area (Å²) in [5.74, 6) is -5.32. The Morgan fingerprint density at radius 3 is 2.49 bits per heavy atom. The number of likely N-dealkylation sites (N-methyl/N-ethyl adjacent to an activating group) is 2. The van der Waals surface area contributed by atoms with Gasteiger partial charge in [-0.1, -0.05) is 12.5 Å². The maximum atomic E-state index is 14.2. The fourth-order valence-electron chi connectivity index (χ4n) is 7.63. The Hall–Kier alpha value is -3.93. The van der Waals surface area contributed by atoms with Gasteiger partial charge in [0.05, 0.1) is 24.4 Å². The van der Waals surface area contributed by atoms with Gasteiger partial charge in [-0.05, 0) is 82.0 Å². The molecule has 228 valence electrons. The van der Waals surface area contributed by atoms with Crippen LogP contribution in [0.15, 0.2) is 45.8 Å². The number of carbonyl (C=O) groups is 3. The molecule has 1 aromatic carbocycles. The topological polar surface area (TPSA) is 164 Å². The Balaban J connectivity index is 1.48. The highest BCUT2D eigenvalue weighted by Crippen LogP contribution is 2.53. The van der Waals surface area contributed by atoms with Crippen LogP contribution in [0, 0.1) is 11.8 Å². The van der Waals surface area contributed by atoms with Gasteiger partial charge in [0.2, 0.25) is 5.78 Å². The van der Waals surface area contributed by atoms with Crippen LogP contribution >= 0.6 is 0 Å². The lowest BCUT2D eigenvalue weighted by Gasteiger charge is -2.50. The predicted molar refractivity (Wildman–Crippen MR) is 156 cm³/mol. The third-order valence-electron chi connectivity index (χ3n) is 9.66. The number of likely N-dealkylation sites (tertiary alicyclic amines) is 1. The summed E-state index contributed by atoms with van der Waals surface area (Å²) in [4.78, 5) is 44.2. The fourth-order valence-corrected chi connectivity index (χ4v) is 7.63. The van der Waals surface area contributed by atoms with Crippen molar-refractivity contribution in [1.82, 2.24) is 15.1 Å². The SMILES string of the molecule is CNC(=O)C1=C(O)[C@@]2(O)C(=O)C3=C(O)c4c(O)ccc(-c5ccoc5CN5CCCCC5)c4C[C@H]3C[C@H]2[C@H](N(C)C)C1=O. The average molecular weight is 592 g/mol. The third kappa shape index (κ3) is 4.32. The van der Waals surface area contributed by atoms with Crippen molar-refractivity contribution in [2.24, 2.45) is 11.8 Å². The second-order valence-corrected chi connectivity index (χ2v) is 12.3. The van der Waals surface area contributed by atoms with Crippen LogP contribution in [0.4, 0.5) is 0 Å². The summed E-state index contributed by atoms with van der Waals surface area (Å²) in [6.45, 7) is 2.57. The summed E-state index contributed by atoms with van der Waals surface area (Å²) in [6, 6.07) is 4.00. The molecule has 1 saturated heterocycles. The quantitative estimate of drug-likeness (QED) is 0.326. The van der Waals surface area contributed by atoms with Crippen molar-refractivity contribution in [2.75, 3.05) is 34.2 Å². The van der Waals surface area contributed by atoms with Gasteiger partial charge < -0.3 is 30.2 Å². The molecule has 6 rings (SSSR count). The van der Waals surface area contributed by atoms with Crippen LogP contribution in [0.25, 0.3) is 16.9 Å². The zero-order valence-corrected chi connectivity index (χ0v) is 24.5. The van der Waals surface area contributed by atoms with Crippen molar-refractivity contribution < 1.29 is 39.2 Å². The number of nitrogens with one attached hydrogen (secondary N) is 1. The first-order chi connectivity index (χ1) is 20.5. The molecule has 11 nitrogen and oxygen atoms in total. The van der Waals surface area contributed by atoms with Gasteiger partial charge in [-0.3, -0.25) is 24.2 Å². The number of Topliss-reactive ketones (excluding diaryl/α,β-unsaturated/α-hetero) is 2. The first-order valence-corrected chi connectivity index (χ1v) is 14.7. The van der Waals surface area contributed by atoms with E-state index in [2.05, 4.69) is 10.2 Å². The number of aromatic hydroxyl groups is 1. The van der Waals surface area contributed by atoms with Gasteiger partial charge in [0.15, 0.2) is 11.4 Å². The van der Waals surface area contributed by atoms with E-state index in [1.807, 2.05) is 6.07 Å². The number of piperidine rings is 1. The van der Waals surface area contributed by atoms with E-state index >= 15 is 0 Å². The number of aliphatic hydroxyl groups is 3. The molecule has 1 aliphatic heterocycles. The van der Waals surface area contributed by atoms with Crippen LogP contribution in [-0.2, 0) is 27.3 Å². The highest BCUT2D eigenvalue weighted by atomic mass is 16.3.